The average Bonchev–Trinajstić information content (AvgIpc) is 3.10. The number of benzene rings is 1. The number of furan rings is 1. The number of rotatable bonds is 3. The summed E-state index contributed by atoms with van der Waals surface area (Å²) in [4.78, 5) is 22.6. The Hall–Kier alpha value is -2.82. The number of carboxylic acids is 1. The van der Waals surface area contributed by atoms with Gasteiger partial charge in [0.1, 0.15) is 22.8 Å². The molecule has 0 bridgehead atoms. The molecule has 1 aromatic carbocycles. The van der Waals surface area contributed by atoms with E-state index in [1.807, 2.05) is 0 Å². The average molecular weight is 298 g/mol. The molecule has 0 atom stereocenters. The van der Waals surface area contributed by atoms with Gasteiger partial charge in [0.25, 0.3) is 0 Å². The van der Waals surface area contributed by atoms with Crippen LogP contribution in [0.2, 0.25) is 0 Å². The van der Waals surface area contributed by atoms with Crippen molar-refractivity contribution in [3.8, 4) is 17.1 Å². The lowest BCUT2D eigenvalue weighted by Gasteiger charge is -2.02. The fourth-order valence-corrected chi connectivity index (χ4v) is 2.51. The van der Waals surface area contributed by atoms with E-state index in [9.17, 15) is 14.7 Å². The minimum Gasteiger partial charge on any atom is -0.507 e. The van der Waals surface area contributed by atoms with Crippen LogP contribution >= 0.6 is 0 Å². The Morgan fingerprint density at radius 3 is 2.68 bits per heavy atom. The van der Waals surface area contributed by atoms with Crippen molar-refractivity contribution < 1.29 is 24.2 Å². The van der Waals surface area contributed by atoms with E-state index in [2.05, 4.69) is 0 Å². The van der Waals surface area contributed by atoms with Crippen molar-refractivity contribution in [3.63, 3.8) is 0 Å². The van der Waals surface area contributed by atoms with Gasteiger partial charge in [-0.05, 0) is 54.8 Å². The molecule has 0 spiro atoms. The summed E-state index contributed by atoms with van der Waals surface area (Å²) in [6, 6.07) is 7.71. The Morgan fingerprint density at radius 2 is 2.00 bits per heavy atom. The molecule has 1 aliphatic carbocycles. The molecule has 0 saturated heterocycles. The molecular weight excluding hydrogens is 284 g/mol. The van der Waals surface area contributed by atoms with Crippen LogP contribution in [-0.4, -0.2) is 22.0 Å². The first kappa shape index (κ1) is 14.1. The van der Waals surface area contributed by atoms with Gasteiger partial charge in [-0.25, -0.2) is 4.79 Å². The second-order valence-electron chi connectivity index (χ2n) is 5.19. The van der Waals surface area contributed by atoms with Crippen molar-refractivity contribution in [1.29, 1.82) is 0 Å². The minimum absolute atomic E-state index is 0.149. The van der Waals surface area contributed by atoms with Gasteiger partial charge in [0, 0.05) is 12.0 Å². The first-order valence-corrected chi connectivity index (χ1v) is 6.95. The predicted molar refractivity (Wildman–Crippen MR) is 79.6 cm³/mol. The maximum atomic E-state index is 11.6. The molecule has 2 aromatic rings. The van der Waals surface area contributed by atoms with E-state index >= 15 is 0 Å². The lowest BCUT2D eigenvalue weighted by Crippen LogP contribution is -1.96. The summed E-state index contributed by atoms with van der Waals surface area (Å²) in [5.74, 6) is -0.299. The first-order valence-electron chi connectivity index (χ1n) is 6.95. The predicted octanol–water partition coefficient (Wildman–Crippen LogP) is 3.49. The summed E-state index contributed by atoms with van der Waals surface area (Å²) in [5, 5.41) is 18.5. The summed E-state index contributed by atoms with van der Waals surface area (Å²) in [5.41, 5.74) is 1.13. The van der Waals surface area contributed by atoms with Crippen molar-refractivity contribution >= 4 is 17.8 Å². The number of carbonyl (C=O) groups excluding carboxylic acids is 1. The normalized spacial score (nSPS) is 16.4. The highest BCUT2D eigenvalue weighted by molar-refractivity contribution is 6.01. The number of allylic oxidation sites excluding steroid dienone is 1. The van der Waals surface area contributed by atoms with Gasteiger partial charge >= 0.3 is 5.97 Å². The fraction of sp³-hybridized carbons (Fsp3) is 0.176. The number of carbonyl (C=O) groups is 2. The standard InChI is InChI=1S/C17H14O5/c18-14-3-1-2-10(14)8-12-5-7-16(22-12)11-4-6-15(19)13(9-11)17(20)21/h4-9,19H,1-3H2,(H,20,21)/b10-8+. The number of aromatic carboxylic acids is 1. The second-order valence-corrected chi connectivity index (χ2v) is 5.19. The summed E-state index contributed by atoms with van der Waals surface area (Å²) in [6.45, 7) is 0. The van der Waals surface area contributed by atoms with Gasteiger partial charge < -0.3 is 14.6 Å². The van der Waals surface area contributed by atoms with E-state index in [1.54, 1.807) is 24.3 Å². The van der Waals surface area contributed by atoms with E-state index in [0.717, 1.165) is 18.4 Å². The van der Waals surface area contributed by atoms with Crippen LogP contribution in [0.3, 0.4) is 0 Å². The highest BCUT2D eigenvalue weighted by atomic mass is 16.4. The quantitative estimate of drug-likeness (QED) is 0.847. The second kappa shape index (κ2) is 5.52. The van der Waals surface area contributed by atoms with Crippen LogP contribution in [0.4, 0.5) is 0 Å². The van der Waals surface area contributed by atoms with E-state index < -0.39 is 5.97 Å². The van der Waals surface area contributed by atoms with E-state index in [-0.39, 0.29) is 17.1 Å². The Kier molecular flexibility index (Phi) is 3.55. The van der Waals surface area contributed by atoms with Crippen LogP contribution in [0, 0.1) is 0 Å². The number of hydrogen-bond donors (Lipinski definition) is 2. The van der Waals surface area contributed by atoms with Gasteiger partial charge in [-0.2, -0.15) is 0 Å². The molecule has 112 valence electrons. The smallest absolute Gasteiger partial charge is 0.339 e. The molecule has 0 amide bonds. The Morgan fingerprint density at radius 1 is 1.18 bits per heavy atom. The Bertz CT molecular complexity index is 782. The highest BCUT2D eigenvalue weighted by Gasteiger charge is 2.18. The maximum absolute atomic E-state index is 11.6. The van der Waals surface area contributed by atoms with Gasteiger partial charge in [-0.3, -0.25) is 4.79 Å². The van der Waals surface area contributed by atoms with Crippen molar-refractivity contribution in [2.45, 2.75) is 19.3 Å². The van der Waals surface area contributed by atoms with Crippen molar-refractivity contribution in [2.75, 3.05) is 0 Å². The largest absolute Gasteiger partial charge is 0.507 e. The molecule has 1 saturated carbocycles. The summed E-state index contributed by atoms with van der Waals surface area (Å²) in [7, 11) is 0. The van der Waals surface area contributed by atoms with Gasteiger partial charge in [0.05, 0.1) is 0 Å². The molecule has 3 rings (SSSR count). The van der Waals surface area contributed by atoms with Crippen LogP contribution in [-0.2, 0) is 4.79 Å². The van der Waals surface area contributed by atoms with Crippen LogP contribution in [0.1, 0.15) is 35.4 Å². The van der Waals surface area contributed by atoms with E-state index in [1.165, 1.54) is 12.1 Å². The molecule has 1 fully saturated rings. The number of hydrogen-bond acceptors (Lipinski definition) is 4. The van der Waals surface area contributed by atoms with Gasteiger partial charge in [-0.1, -0.05) is 0 Å². The molecule has 0 aliphatic heterocycles. The SMILES string of the molecule is O=C1CCC/C1=C\c1ccc(-c2ccc(O)c(C(=O)O)c2)o1. The van der Waals surface area contributed by atoms with Crippen molar-refractivity contribution in [2.24, 2.45) is 0 Å². The molecule has 22 heavy (non-hydrogen) atoms. The third kappa shape index (κ3) is 2.65. The number of aromatic hydroxyl groups is 1. The molecule has 2 N–H and O–H groups in total. The van der Waals surface area contributed by atoms with Gasteiger partial charge in [0.2, 0.25) is 0 Å². The van der Waals surface area contributed by atoms with E-state index in [4.69, 9.17) is 9.52 Å². The molecule has 1 heterocycles. The van der Waals surface area contributed by atoms with Crippen LogP contribution in [0.15, 0.2) is 40.3 Å². The summed E-state index contributed by atoms with van der Waals surface area (Å²) in [6.07, 6.45) is 3.95. The van der Waals surface area contributed by atoms with E-state index in [0.29, 0.717) is 23.5 Å². The Labute approximate surface area is 126 Å². The highest BCUT2D eigenvalue weighted by Crippen LogP contribution is 2.29. The molecular formula is C17H14O5. The zero-order valence-electron chi connectivity index (χ0n) is 11.7. The lowest BCUT2D eigenvalue weighted by molar-refractivity contribution is -0.114. The maximum Gasteiger partial charge on any atom is 0.339 e. The van der Waals surface area contributed by atoms with Crippen LogP contribution in [0.5, 0.6) is 5.75 Å². The molecule has 5 heteroatoms. The zero-order valence-corrected chi connectivity index (χ0v) is 11.7. The topological polar surface area (TPSA) is 87.7 Å². The van der Waals surface area contributed by atoms with Gasteiger partial charge in [-0.15, -0.1) is 0 Å². The third-order valence-electron chi connectivity index (χ3n) is 3.66. The lowest BCUT2D eigenvalue weighted by atomic mass is 10.1. The fourth-order valence-electron chi connectivity index (χ4n) is 2.51. The zero-order chi connectivity index (χ0) is 15.7. The summed E-state index contributed by atoms with van der Waals surface area (Å²) < 4.78 is 5.65. The number of ketones is 1. The molecule has 1 aliphatic rings. The third-order valence-corrected chi connectivity index (χ3v) is 3.66. The number of carboxylic acid groups (broad SMARTS) is 1. The van der Waals surface area contributed by atoms with Crippen LogP contribution < -0.4 is 0 Å². The molecule has 1 aromatic heterocycles. The number of phenols is 1. The monoisotopic (exact) mass is 298 g/mol. The first-order chi connectivity index (χ1) is 10.5. The van der Waals surface area contributed by atoms with Gasteiger partial charge in [0.15, 0.2) is 5.78 Å². The number of Topliss-reactive ketones (excluding diaryl/α,β-unsaturated/α-hetero) is 1. The van der Waals surface area contributed by atoms with Crippen molar-refractivity contribution in [1.82, 2.24) is 0 Å². The molecule has 0 unspecified atom stereocenters. The Balaban J connectivity index is 1.92. The van der Waals surface area contributed by atoms with Crippen LogP contribution in [0.25, 0.3) is 17.4 Å². The van der Waals surface area contributed by atoms with Crippen molar-refractivity contribution in [3.05, 3.63) is 47.2 Å². The molecule has 0 radical (unpaired) electrons. The molecule has 5 nitrogen and oxygen atoms in total. The summed E-state index contributed by atoms with van der Waals surface area (Å²) >= 11 is 0. The minimum atomic E-state index is -1.20.